The number of hydrogen-bond donors (Lipinski definition) is 2. The van der Waals surface area contributed by atoms with Crippen LogP contribution < -0.4 is 10.5 Å². The summed E-state index contributed by atoms with van der Waals surface area (Å²) in [5, 5.41) is 9.68. The van der Waals surface area contributed by atoms with Crippen molar-refractivity contribution in [2.24, 2.45) is 5.92 Å². The number of benzene rings is 1. The maximum Gasteiger partial charge on any atom is 0.142 e. The van der Waals surface area contributed by atoms with Gasteiger partial charge in [0.05, 0.1) is 12.3 Å². The third-order valence-electron chi connectivity index (χ3n) is 2.50. The van der Waals surface area contributed by atoms with Gasteiger partial charge in [-0.05, 0) is 24.5 Å². The topological polar surface area (TPSA) is 64.7 Å². The molecule has 0 bridgehead atoms. The first-order chi connectivity index (χ1) is 8.59. The molecule has 4 heteroatoms. The predicted octanol–water partition coefficient (Wildman–Crippen LogP) is 2.07. The number of aliphatic hydroxyl groups excluding tert-OH is 1. The van der Waals surface area contributed by atoms with E-state index in [9.17, 15) is 5.11 Å². The highest BCUT2D eigenvalue weighted by Crippen LogP contribution is 2.19. The first kappa shape index (κ1) is 14.8. The molecule has 0 radical (unpaired) electrons. The van der Waals surface area contributed by atoms with Gasteiger partial charge in [-0.15, -0.1) is 0 Å². The Bertz CT molecular complexity index is 342. The molecule has 3 N–H and O–H groups in total. The van der Waals surface area contributed by atoms with Crippen LogP contribution in [0.4, 0.5) is 5.69 Å². The summed E-state index contributed by atoms with van der Waals surface area (Å²) in [4.78, 5) is 0. The standard InChI is InChI=1S/C14H23NO3/c1-11(2)7-8-17-9-12(16)10-18-14-6-4-3-5-13(14)15/h3-6,11-12,16H,7-10,15H2,1-2H3. The molecule has 1 rings (SSSR count). The van der Waals surface area contributed by atoms with Crippen molar-refractivity contribution < 1.29 is 14.6 Å². The molecule has 0 aliphatic carbocycles. The van der Waals surface area contributed by atoms with Crippen LogP contribution in [0, 0.1) is 5.92 Å². The molecule has 0 saturated heterocycles. The average Bonchev–Trinajstić information content (AvgIpc) is 2.33. The highest BCUT2D eigenvalue weighted by Gasteiger charge is 2.07. The van der Waals surface area contributed by atoms with Crippen molar-refractivity contribution in [3.05, 3.63) is 24.3 Å². The molecule has 1 aromatic carbocycles. The zero-order valence-corrected chi connectivity index (χ0v) is 11.1. The summed E-state index contributed by atoms with van der Waals surface area (Å²) in [5.74, 6) is 1.21. The van der Waals surface area contributed by atoms with E-state index in [1.54, 1.807) is 12.1 Å². The van der Waals surface area contributed by atoms with Gasteiger partial charge in [0.15, 0.2) is 0 Å². The number of ether oxygens (including phenoxy) is 2. The number of rotatable bonds is 8. The third-order valence-corrected chi connectivity index (χ3v) is 2.50. The molecule has 102 valence electrons. The van der Waals surface area contributed by atoms with Crippen LogP contribution in [-0.4, -0.2) is 31.0 Å². The molecule has 0 aliphatic heterocycles. The summed E-state index contributed by atoms with van der Waals surface area (Å²) in [6, 6.07) is 7.23. The Balaban J connectivity index is 2.17. The van der Waals surface area contributed by atoms with E-state index in [-0.39, 0.29) is 6.61 Å². The number of nitrogens with two attached hydrogens (primary N) is 1. The predicted molar refractivity (Wildman–Crippen MR) is 72.6 cm³/mol. The summed E-state index contributed by atoms with van der Waals surface area (Å²) < 4.78 is 10.8. The Hall–Kier alpha value is -1.26. The normalized spacial score (nSPS) is 12.7. The van der Waals surface area contributed by atoms with Crippen molar-refractivity contribution >= 4 is 5.69 Å². The Kier molecular flexibility index (Phi) is 6.54. The van der Waals surface area contributed by atoms with Gasteiger partial charge in [-0.3, -0.25) is 0 Å². The lowest BCUT2D eigenvalue weighted by molar-refractivity contribution is 0.00930. The van der Waals surface area contributed by atoms with Crippen molar-refractivity contribution in [1.82, 2.24) is 0 Å². The summed E-state index contributed by atoms with van der Waals surface area (Å²) in [5.41, 5.74) is 6.30. The minimum atomic E-state index is -0.628. The van der Waals surface area contributed by atoms with Crippen molar-refractivity contribution in [3.8, 4) is 5.75 Å². The van der Waals surface area contributed by atoms with Crippen LogP contribution in [0.3, 0.4) is 0 Å². The second-order valence-corrected chi connectivity index (χ2v) is 4.76. The molecule has 0 heterocycles. The van der Waals surface area contributed by atoms with Gasteiger partial charge in [0.25, 0.3) is 0 Å². The fourth-order valence-electron chi connectivity index (χ4n) is 1.38. The lowest BCUT2D eigenvalue weighted by atomic mass is 10.1. The first-order valence-electron chi connectivity index (χ1n) is 6.32. The van der Waals surface area contributed by atoms with Crippen LogP contribution in [0.2, 0.25) is 0 Å². The number of nitrogen functional groups attached to an aromatic ring is 1. The van der Waals surface area contributed by atoms with Gasteiger partial charge >= 0.3 is 0 Å². The van der Waals surface area contributed by atoms with Crippen LogP contribution in [0.1, 0.15) is 20.3 Å². The van der Waals surface area contributed by atoms with E-state index in [1.165, 1.54) is 0 Å². The Labute approximate surface area is 109 Å². The minimum absolute atomic E-state index is 0.190. The summed E-state index contributed by atoms with van der Waals surface area (Å²) in [6.07, 6.45) is 0.371. The average molecular weight is 253 g/mol. The van der Waals surface area contributed by atoms with E-state index < -0.39 is 6.10 Å². The van der Waals surface area contributed by atoms with Crippen molar-refractivity contribution in [2.45, 2.75) is 26.4 Å². The SMILES string of the molecule is CC(C)CCOCC(O)COc1ccccc1N. The smallest absolute Gasteiger partial charge is 0.142 e. The van der Waals surface area contributed by atoms with Crippen LogP contribution in [0.5, 0.6) is 5.75 Å². The van der Waals surface area contributed by atoms with Gasteiger partial charge in [0.2, 0.25) is 0 Å². The molecule has 0 aliphatic rings. The largest absolute Gasteiger partial charge is 0.489 e. The maximum atomic E-state index is 9.68. The monoisotopic (exact) mass is 253 g/mol. The van der Waals surface area contributed by atoms with Crippen LogP contribution >= 0.6 is 0 Å². The molecule has 18 heavy (non-hydrogen) atoms. The van der Waals surface area contributed by atoms with Gasteiger partial charge in [-0.1, -0.05) is 26.0 Å². The van der Waals surface area contributed by atoms with Gasteiger partial charge in [-0.25, -0.2) is 0 Å². The molecule has 0 aromatic heterocycles. The second-order valence-electron chi connectivity index (χ2n) is 4.76. The Morgan fingerprint density at radius 2 is 1.94 bits per heavy atom. The van der Waals surface area contributed by atoms with Crippen molar-refractivity contribution in [2.75, 3.05) is 25.6 Å². The number of para-hydroxylation sites is 2. The summed E-state index contributed by atoms with van der Waals surface area (Å²) in [7, 11) is 0. The summed E-state index contributed by atoms with van der Waals surface area (Å²) >= 11 is 0. The first-order valence-corrected chi connectivity index (χ1v) is 6.32. The highest BCUT2D eigenvalue weighted by molar-refractivity contribution is 5.51. The molecule has 0 amide bonds. The third kappa shape index (κ3) is 5.89. The fourth-order valence-corrected chi connectivity index (χ4v) is 1.38. The van der Waals surface area contributed by atoms with Gasteiger partial charge < -0.3 is 20.3 Å². The van der Waals surface area contributed by atoms with Crippen molar-refractivity contribution in [3.63, 3.8) is 0 Å². The second kappa shape index (κ2) is 7.95. The Morgan fingerprint density at radius 3 is 2.61 bits per heavy atom. The Morgan fingerprint density at radius 1 is 1.22 bits per heavy atom. The lowest BCUT2D eigenvalue weighted by Crippen LogP contribution is -2.24. The molecule has 1 aromatic rings. The number of hydrogen-bond acceptors (Lipinski definition) is 4. The summed E-state index contributed by atoms with van der Waals surface area (Å²) in [6.45, 7) is 5.43. The van der Waals surface area contributed by atoms with Gasteiger partial charge in [0.1, 0.15) is 18.5 Å². The van der Waals surface area contributed by atoms with E-state index in [0.717, 1.165) is 6.42 Å². The van der Waals surface area contributed by atoms with E-state index in [1.807, 2.05) is 12.1 Å². The van der Waals surface area contributed by atoms with Gasteiger partial charge in [0, 0.05) is 6.61 Å². The zero-order valence-electron chi connectivity index (χ0n) is 11.1. The maximum absolute atomic E-state index is 9.68. The molecular weight excluding hydrogens is 230 g/mol. The van der Waals surface area contributed by atoms with Gasteiger partial charge in [-0.2, -0.15) is 0 Å². The molecule has 0 fully saturated rings. The number of anilines is 1. The molecule has 1 atom stereocenters. The molecule has 0 spiro atoms. The van der Waals surface area contributed by atoms with Crippen LogP contribution in [0.15, 0.2) is 24.3 Å². The van der Waals surface area contributed by atoms with Crippen LogP contribution in [-0.2, 0) is 4.74 Å². The molecule has 0 saturated carbocycles. The zero-order chi connectivity index (χ0) is 13.4. The van der Waals surface area contributed by atoms with E-state index in [4.69, 9.17) is 15.2 Å². The minimum Gasteiger partial charge on any atom is -0.489 e. The van der Waals surface area contributed by atoms with E-state index in [0.29, 0.717) is 30.6 Å². The quantitative estimate of drug-likeness (QED) is 0.550. The highest BCUT2D eigenvalue weighted by atomic mass is 16.5. The van der Waals surface area contributed by atoms with Crippen LogP contribution in [0.25, 0.3) is 0 Å². The molecule has 4 nitrogen and oxygen atoms in total. The fraction of sp³-hybridized carbons (Fsp3) is 0.571. The number of aliphatic hydroxyl groups is 1. The lowest BCUT2D eigenvalue weighted by Gasteiger charge is -2.14. The van der Waals surface area contributed by atoms with Crippen molar-refractivity contribution in [1.29, 1.82) is 0 Å². The molecule has 1 unspecified atom stereocenters. The van der Waals surface area contributed by atoms with E-state index >= 15 is 0 Å². The van der Waals surface area contributed by atoms with E-state index in [2.05, 4.69) is 13.8 Å². The molecular formula is C14H23NO3.